The minimum atomic E-state index is -0.174. The Hall–Kier alpha value is -3.32. The third-order valence-electron chi connectivity index (χ3n) is 5.31. The molecule has 0 saturated carbocycles. The van der Waals surface area contributed by atoms with Crippen molar-refractivity contribution in [3.05, 3.63) is 64.0 Å². The first kappa shape index (κ1) is 21.9. The number of nitrogens with one attached hydrogen (secondary N) is 1. The standard InChI is InChI=1S/C25H26N2O4S/c1-4-31-17-10-8-16(9-11-17)15-26-25-23(19-6-5-7-22(19)32-25)24(28)27-20-13-12-18(29-2)14-21(20)30-3/h8-15H,4-7H2,1-3H3,(H,27,28). The molecule has 2 aromatic carbocycles. The lowest BCUT2D eigenvalue weighted by Gasteiger charge is -2.12. The lowest BCUT2D eigenvalue weighted by atomic mass is 10.1. The summed E-state index contributed by atoms with van der Waals surface area (Å²) in [7, 11) is 3.16. The Morgan fingerprint density at radius 3 is 2.59 bits per heavy atom. The zero-order valence-corrected chi connectivity index (χ0v) is 19.3. The highest BCUT2D eigenvalue weighted by Gasteiger charge is 2.27. The van der Waals surface area contributed by atoms with E-state index in [-0.39, 0.29) is 5.91 Å². The van der Waals surface area contributed by atoms with Crippen molar-refractivity contribution in [2.45, 2.75) is 26.2 Å². The van der Waals surface area contributed by atoms with Crippen molar-refractivity contribution in [2.75, 3.05) is 26.1 Å². The van der Waals surface area contributed by atoms with E-state index in [9.17, 15) is 4.79 Å². The number of ether oxygens (including phenoxy) is 3. The first-order valence-electron chi connectivity index (χ1n) is 10.6. The van der Waals surface area contributed by atoms with Crippen LogP contribution in [-0.2, 0) is 12.8 Å². The molecule has 0 aliphatic heterocycles. The van der Waals surface area contributed by atoms with Gasteiger partial charge in [0.05, 0.1) is 32.1 Å². The van der Waals surface area contributed by atoms with Crippen molar-refractivity contribution in [3.63, 3.8) is 0 Å². The maximum atomic E-state index is 13.3. The highest BCUT2D eigenvalue weighted by Crippen LogP contribution is 2.41. The first-order valence-corrected chi connectivity index (χ1v) is 11.4. The van der Waals surface area contributed by atoms with Crippen LogP contribution in [0.4, 0.5) is 10.7 Å². The topological polar surface area (TPSA) is 69.2 Å². The number of aliphatic imine (C=N–C) groups is 1. The molecule has 0 bridgehead atoms. The number of aryl methyl sites for hydroxylation is 1. The second-order valence-electron chi connectivity index (χ2n) is 7.32. The van der Waals surface area contributed by atoms with Gasteiger partial charge < -0.3 is 19.5 Å². The molecule has 7 heteroatoms. The number of nitrogens with zero attached hydrogens (tertiary/aromatic N) is 1. The van der Waals surface area contributed by atoms with Gasteiger partial charge in [0.1, 0.15) is 22.2 Å². The van der Waals surface area contributed by atoms with E-state index in [1.165, 1.54) is 4.88 Å². The van der Waals surface area contributed by atoms with Crippen LogP contribution in [0.25, 0.3) is 0 Å². The predicted molar refractivity (Wildman–Crippen MR) is 129 cm³/mol. The number of methoxy groups -OCH3 is 2. The molecule has 3 aromatic rings. The Labute approximate surface area is 191 Å². The second-order valence-corrected chi connectivity index (χ2v) is 8.40. The van der Waals surface area contributed by atoms with Crippen molar-refractivity contribution < 1.29 is 19.0 Å². The van der Waals surface area contributed by atoms with E-state index in [0.717, 1.165) is 41.1 Å². The molecule has 0 fully saturated rings. The molecule has 1 aliphatic rings. The third-order valence-corrected chi connectivity index (χ3v) is 6.51. The minimum Gasteiger partial charge on any atom is -0.497 e. The highest BCUT2D eigenvalue weighted by molar-refractivity contribution is 7.16. The fourth-order valence-electron chi connectivity index (χ4n) is 3.75. The fourth-order valence-corrected chi connectivity index (χ4v) is 4.98. The Balaban J connectivity index is 1.61. The molecule has 0 radical (unpaired) electrons. The van der Waals surface area contributed by atoms with Crippen LogP contribution in [0.3, 0.4) is 0 Å². The number of amides is 1. The summed E-state index contributed by atoms with van der Waals surface area (Å²) < 4.78 is 16.2. The maximum Gasteiger partial charge on any atom is 0.259 e. The van der Waals surface area contributed by atoms with Crippen molar-refractivity contribution in [3.8, 4) is 17.2 Å². The van der Waals surface area contributed by atoms with Gasteiger partial charge in [0, 0.05) is 17.2 Å². The number of carbonyl (C=O) groups is 1. The van der Waals surface area contributed by atoms with Crippen LogP contribution in [-0.4, -0.2) is 32.9 Å². The van der Waals surface area contributed by atoms with Crippen molar-refractivity contribution >= 4 is 34.1 Å². The number of thiophene rings is 1. The smallest absolute Gasteiger partial charge is 0.259 e. The summed E-state index contributed by atoms with van der Waals surface area (Å²) in [5.41, 5.74) is 3.31. The van der Waals surface area contributed by atoms with Crippen molar-refractivity contribution in [2.24, 2.45) is 4.99 Å². The molecule has 1 aromatic heterocycles. The fraction of sp³-hybridized carbons (Fsp3) is 0.280. The molecule has 1 amide bonds. The summed E-state index contributed by atoms with van der Waals surface area (Å²) in [4.78, 5) is 19.3. The SMILES string of the molecule is CCOc1ccc(C=Nc2sc3c(c2C(=O)Nc2ccc(OC)cc2OC)CCC3)cc1. The maximum absolute atomic E-state index is 13.3. The molecule has 0 saturated heterocycles. The predicted octanol–water partition coefficient (Wildman–Crippen LogP) is 5.66. The Morgan fingerprint density at radius 1 is 1.09 bits per heavy atom. The van der Waals surface area contributed by atoms with E-state index >= 15 is 0 Å². The zero-order chi connectivity index (χ0) is 22.5. The van der Waals surface area contributed by atoms with Gasteiger partial charge in [-0.1, -0.05) is 0 Å². The molecule has 32 heavy (non-hydrogen) atoms. The Bertz CT molecular complexity index is 1140. The van der Waals surface area contributed by atoms with Crippen LogP contribution in [0.1, 0.15) is 39.7 Å². The van der Waals surface area contributed by atoms with E-state index in [1.807, 2.05) is 31.2 Å². The summed E-state index contributed by atoms with van der Waals surface area (Å²) in [5.74, 6) is 1.86. The van der Waals surface area contributed by atoms with Gasteiger partial charge in [0.15, 0.2) is 0 Å². The van der Waals surface area contributed by atoms with Crippen LogP contribution >= 0.6 is 11.3 Å². The van der Waals surface area contributed by atoms with Gasteiger partial charge in [-0.05, 0) is 73.7 Å². The largest absolute Gasteiger partial charge is 0.497 e. The van der Waals surface area contributed by atoms with Crippen LogP contribution in [0.2, 0.25) is 0 Å². The van der Waals surface area contributed by atoms with Gasteiger partial charge in [-0.25, -0.2) is 4.99 Å². The van der Waals surface area contributed by atoms with E-state index in [4.69, 9.17) is 14.2 Å². The van der Waals surface area contributed by atoms with Crippen LogP contribution in [0.15, 0.2) is 47.5 Å². The minimum absolute atomic E-state index is 0.174. The van der Waals surface area contributed by atoms with Crippen LogP contribution < -0.4 is 19.5 Å². The molecular formula is C25H26N2O4S. The van der Waals surface area contributed by atoms with Gasteiger partial charge in [-0.2, -0.15) is 0 Å². The van der Waals surface area contributed by atoms with Crippen LogP contribution in [0, 0.1) is 0 Å². The van der Waals surface area contributed by atoms with Crippen molar-refractivity contribution in [1.29, 1.82) is 0 Å². The molecule has 166 valence electrons. The summed E-state index contributed by atoms with van der Waals surface area (Å²) in [5, 5.41) is 3.73. The lowest BCUT2D eigenvalue weighted by Crippen LogP contribution is -2.14. The van der Waals surface area contributed by atoms with Gasteiger partial charge >= 0.3 is 0 Å². The first-order chi connectivity index (χ1) is 15.6. The summed E-state index contributed by atoms with van der Waals surface area (Å²) in [6.07, 6.45) is 4.75. The van der Waals surface area contributed by atoms with Crippen LogP contribution in [0.5, 0.6) is 17.2 Å². The zero-order valence-electron chi connectivity index (χ0n) is 18.4. The molecule has 1 aliphatic carbocycles. The number of rotatable bonds is 8. The molecule has 0 spiro atoms. The number of carbonyl (C=O) groups excluding carboxylic acids is 1. The molecular weight excluding hydrogens is 424 g/mol. The monoisotopic (exact) mass is 450 g/mol. The summed E-state index contributed by atoms with van der Waals surface area (Å²) >= 11 is 1.60. The van der Waals surface area contributed by atoms with Gasteiger partial charge in [0.25, 0.3) is 5.91 Å². The van der Waals surface area contributed by atoms with E-state index < -0.39 is 0 Å². The number of hydrogen-bond donors (Lipinski definition) is 1. The normalized spacial score (nSPS) is 12.6. The third kappa shape index (κ3) is 4.62. The Kier molecular flexibility index (Phi) is 6.75. The number of anilines is 1. The van der Waals surface area contributed by atoms with Crippen molar-refractivity contribution in [1.82, 2.24) is 0 Å². The molecule has 4 rings (SSSR count). The molecule has 0 unspecified atom stereocenters. The Morgan fingerprint density at radius 2 is 1.88 bits per heavy atom. The average molecular weight is 451 g/mol. The molecule has 1 heterocycles. The summed E-state index contributed by atoms with van der Waals surface area (Å²) in [6.45, 7) is 2.59. The van der Waals surface area contributed by atoms with Gasteiger partial charge in [-0.3, -0.25) is 4.79 Å². The molecule has 0 atom stereocenters. The highest BCUT2D eigenvalue weighted by atomic mass is 32.1. The number of benzene rings is 2. The number of hydrogen-bond acceptors (Lipinski definition) is 6. The quantitative estimate of drug-likeness (QED) is 0.450. The second kappa shape index (κ2) is 9.87. The lowest BCUT2D eigenvalue weighted by molar-refractivity contribution is 0.102. The van der Waals surface area contributed by atoms with E-state index in [2.05, 4.69) is 10.3 Å². The molecule has 6 nitrogen and oxygen atoms in total. The molecule has 1 N–H and O–H groups in total. The number of fused-ring (bicyclic) bond motifs is 1. The van der Waals surface area contributed by atoms with Gasteiger partial charge in [-0.15, -0.1) is 11.3 Å². The van der Waals surface area contributed by atoms with E-state index in [0.29, 0.717) is 29.4 Å². The summed E-state index contributed by atoms with van der Waals surface area (Å²) in [6, 6.07) is 13.1. The average Bonchev–Trinajstić information content (AvgIpc) is 3.40. The van der Waals surface area contributed by atoms with Gasteiger partial charge in [0.2, 0.25) is 0 Å². The van der Waals surface area contributed by atoms with E-state index in [1.54, 1.807) is 50.0 Å².